The molecule has 1 unspecified atom stereocenters. The van der Waals surface area contributed by atoms with Crippen LogP contribution in [0.4, 0.5) is 0 Å². The van der Waals surface area contributed by atoms with Crippen LogP contribution in [0.2, 0.25) is 5.02 Å². The van der Waals surface area contributed by atoms with E-state index in [4.69, 9.17) is 25.8 Å². The molecule has 3 rings (SSSR count). The number of fused-ring (bicyclic) bond motifs is 1. The van der Waals surface area contributed by atoms with E-state index < -0.39 is 0 Å². The molecule has 2 heterocycles. The smallest absolute Gasteiger partial charge is 0.191 e. The zero-order chi connectivity index (χ0) is 18.4. The molecule has 0 amide bonds. The van der Waals surface area contributed by atoms with Gasteiger partial charge in [-0.25, -0.2) is 0 Å². The topological polar surface area (TPSA) is 64.1 Å². The molecule has 1 fully saturated rings. The van der Waals surface area contributed by atoms with Gasteiger partial charge in [-0.15, -0.1) is 24.0 Å². The summed E-state index contributed by atoms with van der Waals surface area (Å²) >= 11 is 6.30. The molecule has 0 aromatic heterocycles. The highest BCUT2D eigenvalue weighted by Crippen LogP contribution is 2.38. The quantitative estimate of drug-likeness (QED) is 0.350. The van der Waals surface area contributed by atoms with Gasteiger partial charge in [0.25, 0.3) is 0 Å². The van der Waals surface area contributed by atoms with E-state index in [-0.39, 0.29) is 29.6 Å². The Morgan fingerprint density at radius 1 is 1.22 bits per heavy atom. The van der Waals surface area contributed by atoms with Crippen molar-refractivity contribution in [3.8, 4) is 11.5 Å². The number of ether oxygens (including phenoxy) is 3. The Kier molecular flexibility index (Phi) is 8.75. The molecule has 0 saturated carbocycles. The first-order valence-corrected chi connectivity index (χ1v) is 9.71. The summed E-state index contributed by atoms with van der Waals surface area (Å²) in [6, 6.07) is 3.94. The molecule has 0 aliphatic carbocycles. The van der Waals surface area contributed by atoms with Crippen LogP contribution in [0.15, 0.2) is 17.1 Å². The summed E-state index contributed by atoms with van der Waals surface area (Å²) in [4.78, 5) is 4.68. The molecule has 0 spiro atoms. The fourth-order valence-corrected chi connectivity index (χ4v) is 3.47. The molecule has 152 valence electrons. The average molecular weight is 510 g/mol. The van der Waals surface area contributed by atoms with Crippen LogP contribution in [-0.4, -0.2) is 51.0 Å². The van der Waals surface area contributed by atoms with E-state index in [1.54, 1.807) is 0 Å². The lowest BCUT2D eigenvalue weighted by Gasteiger charge is -2.22. The molecule has 1 saturated heterocycles. The normalized spacial score (nSPS) is 21.5. The van der Waals surface area contributed by atoms with Crippen molar-refractivity contribution >= 4 is 41.5 Å². The van der Waals surface area contributed by atoms with Crippen molar-refractivity contribution < 1.29 is 14.2 Å². The molecule has 27 heavy (non-hydrogen) atoms. The van der Waals surface area contributed by atoms with Crippen molar-refractivity contribution in [3.05, 3.63) is 22.7 Å². The van der Waals surface area contributed by atoms with E-state index in [1.165, 1.54) is 0 Å². The van der Waals surface area contributed by atoms with Gasteiger partial charge < -0.3 is 24.8 Å². The summed E-state index contributed by atoms with van der Waals surface area (Å²) in [5.74, 6) is 2.19. The fourth-order valence-electron chi connectivity index (χ4n) is 3.18. The average Bonchev–Trinajstić information content (AvgIpc) is 3.07. The number of nitrogens with zero attached hydrogens (tertiary/aromatic N) is 1. The van der Waals surface area contributed by atoms with Gasteiger partial charge in [-0.2, -0.15) is 0 Å². The van der Waals surface area contributed by atoms with Crippen molar-refractivity contribution in [2.45, 2.75) is 38.7 Å². The Labute approximate surface area is 183 Å². The number of hydrogen-bond donors (Lipinski definition) is 2. The van der Waals surface area contributed by atoms with Crippen molar-refractivity contribution in [1.29, 1.82) is 0 Å². The number of rotatable bonds is 6. The maximum Gasteiger partial charge on any atom is 0.191 e. The highest BCUT2D eigenvalue weighted by molar-refractivity contribution is 14.0. The molecule has 2 aliphatic rings. The summed E-state index contributed by atoms with van der Waals surface area (Å²) in [5, 5.41) is 7.26. The standard InChI is InChI=1S/C19H28ClN3O3.HI/c1-3-21-18(23-13-19(2)6-4-8-26-19)22-7-5-14-11-15(20)17-16(12-14)24-9-10-25-17;/h11-12H,3-10,13H2,1-2H3,(H2,21,22,23);1H. The van der Waals surface area contributed by atoms with Gasteiger partial charge in [0, 0.05) is 19.7 Å². The van der Waals surface area contributed by atoms with Gasteiger partial charge in [0.05, 0.1) is 17.2 Å². The lowest BCUT2D eigenvalue weighted by molar-refractivity contribution is 0.0283. The van der Waals surface area contributed by atoms with Gasteiger partial charge >= 0.3 is 0 Å². The van der Waals surface area contributed by atoms with Crippen molar-refractivity contribution in [2.24, 2.45) is 4.99 Å². The van der Waals surface area contributed by atoms with Crippen molar-refractivity contribution in [2.75, 3.05) is 39.5 Å². The molecular weight excluding hydrogens is 481 g/mol. The molecule has 1 aromatic carbocycles. The van der Waals surface area contributed by atoms with E-state index in [0.717, 1.165) is 56.2 Å². The Morgan fingerprint density at radius 3 is 2.78 bits per heavy atom. The van der Waals surface area contributed by atoms with Gasteiger partial charge in [0.2, 0.25) is 0 Å². The molecule has 0 radical (unpaired) electrons. The first-order chi connectivity index (χ1) is 12.6. The molecular formula is C19H29ClIN3O3. The zero-order valence-electron chi connectivity index (χ0n) is 16.0. The van der Waals surface area contributed by atoms with Crippen molar-refractivity contribution in [3.63, 3.8) is 0 Å². The Hall–Kier alpha value is -0.930. The second-order valence-electron chi connectivity index (χ2n) is 6.88. The van der Waals surface area contributed by atoms with Gasteiger partial charge in [0.15, 0.2) is 17.5 Å². The van der Waals surface area contributed by atoms with E-state index in [0.29, 0.717) is 30.5 Å². The largest absolute Gasteiger partial charge is 0.486 e. The third kappa shape index (κ3) is 6.29. The van der Waals surface area contributed by atoms with Gasteiger partial charge in [-0.3, -0.25) is 4.99 Å². The second-order valence-corrected chi connectivity index (χ2v) is 7.28. The first-order valence-electron chi connectivity index (χ1n) is 9.34. The van der Waals surface area contributed by atoms with E-state index >= 15 is 0 Å². The maximum atomic E-state index is 6.30. The predicted octanol–water partition coefficient (Wildman–Crippen LogP) is 3.40. The van der Waals surface area contributed by atoms with Gasteiger partial charge in [-0.1, -0.05) is 11.6 Å². The van der Waals surface area contributed by atoms with Crippen LogP contribution >= 0.6 is 35.6 Å². The van der Waals surface area contributed by atoms with Gasteiger partial charge in [-0.05, 0) is 50.8 Å². The lowest BCUT2D eigenvalue weighted by atomic mass is 10.0. The minimum atomic E-state index is -0.133. The van der Waals surface area contributed by atoms with Gasteiger partial charge in [0.1, 0.15) is 13.2 Å². The minimum absolute atomic E-state index is 0. The van der Waals surface area contributed by atoms with E-state index in [9.17, 15) is 0 Å². The third-order valence-corrected chi connectivity index (χ3v) is 4.86. The number of hydrogen-bond acceptors (Lipinski definition) is 4. The van der Waals surface area contributed by atoms with Crippen LogP contribution in [0, 0.1) is 0 Å². The SMILES string of the molecule is CCNC(=NCC1(C)CCCO1)NCCc1cc(Cl)c2c(c1)OCCO2.I. The molecule has 0 bridgehead atoms. The summed E-state index contributed by atoms with van der Waals surface area (Å²) in [6.45, 7) is 8.36. The van der Waals surface area contributed by atoms with Crippen LogP contribution in [0.3, 0.4) is 0 Å². The second kappa shape index (κ2) is 10.6. The Bertz CT molecular complexity index is 651. The maximum absolute atomic E-state index is 6.30. The summed E-state index contributed by atoms with van der Waals surface area (Å²) in [6.07, 6.45) is 2.99. The molecule has 2 N–H and O–H groups in total. The molecule has 1 aromatic rings. The Morgan fingerprint density at radius 2 is 2.04 bits per heavy atom. The number of halogens is 2. The van der Waals surface area contributed by atoms with Crippen LogP contribution in [0.25, 0.3) is 0 Å². The summed E-state index contributed by atoms with van der Waals surface area (Å²) in [5.41, 5.74) is 0.972. The molecule has 1 atom stereocenters. The molecule has 2 aliphatic heterocycles. The summed E-state index contributed by atoms with van der Waals surface area (Å²) < 4.78 is 17.0. The lowest BCUT2D eigenvalue weighted by Crippen LogP contribution is -2.40. The predicted molar refractivity (Wildman–Crippen MR) is 119 cm³/mol. The highest BCUT2D eigenvalue weighted by Gasteiger charge is 2.29. The molecule has 8 heteroatoms. The zero-order valence-corrected chi connectivity index (χ0v) is 19.1. The first kappa shape index (κ1) is 22.4. The van der Waals surface area contributed by atoms with E-state index in [2.05, 4.69) is 29.5 Å². The van der Waals surface area contributed by atoms with E-state index in [1.807, 2.05) is 12.1 Å². The highest BCUT2D eigenvalue weighted by atomic mass is 127. The van der Waals surface area contributed by atoms with Crippen LogP contribution in [0.5, 0.6) is 11.5 Å². The number of aliphatic imine (C=N–C) groups is 1. The van der Waals surface area contributed by atoms with Crippen LogP contribution in [-0.2, 0) is 11.2 Å². The van der Waals surface area contributed by atoms with Crippen LogP contribution in [0.1, 0.15) is 32.3 Å². The third-order valence-electron chi connectivity index (χ3n) is 4.58. The van der Waals surface area contributed by atoms with Crippen LogP contribution < -0.4 is 20.1 Å². The number of guanidine groups is 1. The minimum Gasteiger partial charge on any atom is -0.486 e. The van der Waals surface area contributed by atoms with Crippen molar-refractivity contribution in [1.82, 2.24) is 10.6 Å². The Balaban J connectivity index is 0.00000261. The fraction of sp³-hybridized carbons (Fsp3) is 0.632. The monoisotopic (exact) mass is 509 g/mol. The summed E-state index contributed by atoms with van der Waals surface area (Å²) in [7, 11) is 0. The number of benzene rings is 1. The molecule has 6 nitrogen and oxygen atoms in total. The number of nitrogens with one attached hydrogen (secondary N) is 2.